The summed E-state index contributed by atoms with van der Waals surface area (Å²) in [7, 11) is 0. The molecule has 0 bridgehead atoms. The average Bonchev–Trinajstić information content (AvgIpc) is 3.23. The number of carbonyl (C=O) groups excluding carboxylic acids is 2. The van der Waals surface area contributed by atoms with Crippen LogP contribution in [0.2, 0.25) is 0 Å². The Kier molecular flexibility index (Phi) is 4.80. The van der Waals surface area contributed by atoms with E-state index >= 15 is 0 Å². The number of aromatic nitrogens is 2. The lowest BCUT2D eigenvalue weighted by atomic mass is 9.90. The fourth-order valence-corrected chi connectivity index (χ4v) is 4.52. The van der Waals surface area contributed by atoms with Crippen molar-refractivity contribution in [2.24, 2.45) is 5.92 Å². The first-order valence-electron chi connectivity index (χ1n) is 9.24. The van der Waals surface area contributed by atoms with Gasteiger partial charge in [-0.05, 0) is 61.9 Å². The lowest BCUT2D eigenvalue weighted by Gasteiger charge is -2.16. The standard InChI is InChI=1S/C20H21N3O4S/c1-10-3-6-16-12(7-10)8-17(28-16)19(25)27-11(2)18(24)21-13-4-5-14-15(9-13)23-20(26)22-14/h4-5,8-11H,3,6-7H2,1-2H3,(H,21,24)(H2,22,23,26)/t10-,11+/m1/s1. The molecule has 4 rings (SSSR count). The number of aromatic amines is 2. The number of nitrogens with one attached hydrogen (secondary N) is 3. The van der Waals surface area contributed by atoms with Gasteiger partial charge in [-0.2, -0.15) is 0 Å². The Morgan fingerprint density at radius 1 is 1.25 bits per heavy atom. The van der Waals surface area contributed by atoms with Crippen molar-refractivity contribution >= 4 is 39.9 Å². The Labute approximate surface area is 165 Å². The number of H-pyrrole nitrogens is 2. The molecule has 0 unspecified atom stereocenters. The second kappa shape index (κ2) is 7.27. The molecule has 0 saturated heterocycles. The number of benzene rings is 1. The quantitative estimate of drug-likeness (QED) is 0.586. The predicted molar refractivity (Wildman–Crippen MR) is 108 cm³/mol. The zero-order valence-electron chi connectivity index (χ0n) is 15.6. The molecular weight excluding hydrogens is 378 g/mol. The Morgan fingerprint density at radius 2 is 2.04 bits per heavy atom. The van der Waals surface area contributed by atoms with Gasteiger partial charge in [0.1, 0.15) is 4.88 Å². The Hall–Kier alpha value is -2.87. The minimum absolute atomic E-state index is 0.311. The third-order valence-corrected chi connectivity index (χ3v) is 6.18. The van der Waals surface area contributed by atoms with Gasteiger partial charge in [0.25, 0.3) is 5.91 Å². The molecule has 8 heteroatoms. The summed E-state index contributed by atoms with van der Waals surface area (Å²) in [5.41, 5.74) is 2.66. The molecule has 0 radical (unpaired) electrons. The van der Waals surface area contributed by atoms with Crippen LogP contribution in [0.4, 0.5) is 5.69 Å². The molecule has 1 aliphatic carbocycles. The van der Waals surface area contributed by atoms with Crippen molar-refractivity contribution in [2.45, 2.75) is 39.2 Å². The molecule has 28 heavy (non-hydrogen) atoms. The maximum atomic E-state index is 12.5. The number of imidazole rings is 1. The second-order valence-electron chi connectivity index (χ2n) is 7.28. The van der Waals surface area contributed by atoms with Crippen LogP contribution in [0.1, 0.15) is 40.4 Å². The van der Waals surface area contributed by atoms with Gasteiger partial charge in [0.05, 0.1) is 11.0 Å². The van der Waals surface area contributed by atoms with Crippen molar-refractivity contribution in [3.63, 3.8) is 0 Å². The Balaban J connectivity index is 1.40. The van der Waals surface area contributed by atoms with Crippen LogP contribution in [0, 0.1) is 5.92 Å². The molecule has 2 aromatic heterocycles. The molecule has 1 aromatic carbocycles. The molecule has 1 amide bonds. The summed E-state index contributed by atoms with van der Waals surface area (Å²) < 4.78 is 5.36. The van der Waals surface area contributed by atoms with Crippen LogP contribution in [0.5, 0.6) is 0 Å². The maximum absolute atomic E-state index is 12.5. The van der Waals surface area contributed by atoms with E-state index in [0.29, 0.717) is 27.5 Å². The van der Waals surface area contributed by atoms with Gasteiger partial charge in [-0.3, -0.25) is 4.79 Å². The van der Waals surface area contributed by atoms with E-state index in [0.717, 1.165) is 19.3 Å². The second-order valence-corrected chi connectivity index (χ2v) is 8.42. The lowest BCUT2D eigenvalue weighted by molar-refractivity contribution is -0.123. The molecular formula is C20H21N3O4S. The van der Waals surface area contributed by atoms with Gasteiger partial charge < -0.3 is 20.0 Å². The number of fused-ring (bicyclic) bond motifs is 2. The van der Waals surface area contributed by atoms with Gasteiger partial charge in [-0.25, -0.2) is 9.59 Å². The van der Waals surface area contributed by atoms with Gasteiger partial charge in [0.15, 0.2) is 6.10 Å². The van der Waals surface area contributed by atoms with Gasteiger partial charge in [-0.15, -0.1) is 11.3 Å². The van der Waals surface area contributed by atoms with Crippen molar-refractivity contribution < 1.29 is 14.3 Å². The number of ether oxygens (including phenoxy) is 1. The fourth-order valence-electron chi connectivity index (χ4n) is 3.43. The third kappa shape index (κ3) is 3.73. The highest BCUT2D eigenvalue weighted by molar-refractivity contribution is 7.14. The zero-order chi connectivity index (χ0) is 19.8. The van der Waals surface area contributed by atoms with Crippen molar-refractivity contribution in [1.82, 2.24) is 9.97 Å². The molecule has 0 spiro atoms. The minimum atomic E-state index is -0.938. The third-order valence-electron chi connectivity index (χ3n) is 4.97. The maximum Gasteiger partial charge on any atom is 0.349 e. The number of esters is 1. The number of hydrogen-bond acceptors (Lipinski definition) is 5. The van der Waals surface area contributed by atoms with E-state index in [1.165, 1.54) is 21.8 Å². The number of anilines is 1. The Bertz CT molecular complexity index is 1110. The molecule has 0 aliphatic heterocycles. The average molecular weight is 399 g/mol. The van der Waals surface area contributed by atoms with Gasteiger partial charge in [-0.1, -0.05) is 6.92 Å². The highest BCUT2D eigenvalue weighted by Gasteiger charge is 2.24. The van der Waals surface area contributed by atoms with Crippen LogP contribution < -0.4 is 11.0 Å². The molecule has 0 saturated carbocycles. The number of rotatable bonds is 4. The summed E-state index contributed by atoms with van der Waals surface area (Å²) in [6.07, 6.45) is 2.18. The van der Waals surface area contributed by atoms with Gasteiger partial charge in [0, 0.05) is 10.6 Å². The molecule has 1 aliphatic rings. The topological polar surface area (TPSA) is 104 Å². The first kappa shape index (κ1) is 18.5. The van der Waals surface area contributed by atoms with E-state index < -0.39 is 18.0 Å². The van der Waals surface area contributed by atoms with E-state index in [1.807, 2.05) is 6.07 Å². The molecule has 2 atom stereocenters. The predicted octanol–water partition coefficient (Wildman–Crippen LogP) is 3.23. The monoisotopic (exact) mass is 399 g/mol. The van der Waals surface area contributed by atoms with Gasteiger partial charge in [0.2, 0.25) is 0 Å². The van der Waals surface area contributed by atoms with Crippen LogP contribution in [-0.2, 0) is 22.4 Å². The summed E-state index contributed by atoms with van der Waals surface area (Å²) in [4.78, 5) is 43.2. The SMILES string of the molecule is C[C@@H]1CCc2sc(C(=O)O[C@@H](C)C(=O)Nc3ccc4[nH]c(=O)[nH]c4c3)cc2C1. The molecule has 0 fully saturated rings. The summed E-state index contributed by atoms with van der Waals surface area (Å²) in [5, 5.41) is 2.71. The Morgan fingerprint density at radius 3 is 2.86 bits per heavy atom. The summed E-state index contributed by atoms with van der Waals surface area (Å²) in [5.74, 6) is -0.274. The summed E-state index contributed by atoms with van der Waals surface area (Å²) in [6.45, 7) is 3.75. The summed E-state index contributed by atoms with van der Waals surface area (Å²) in [6, 6.07) is 6.91. The number of aryl methyl sites for hydroxylation is 1. The molecule has 3 N–H and O–H groups in total. The van der Waals surface area contributed by atoms with Crippen LogP contribution in [0.3, 0.4) is 0 Å². The van der Waals surface area contributed by atoms with Crippen molar-refractivity contribution in [3.05, 3.63) is 50.1 Å². The van der Waals surface area contributed by atoms with E-state index in [-0.39, 0.29) is 5.69 Å². The normalized spacial score (nSPS) is 17.1. The van der Waals surface area contributed by atoms with Crippen LogP contribution in [0.15, 0.2) is 29.1 Å². The van der Waals surface area contributed by atoms with Crippen LogP contribution in [0.25, 0.3) is 11.0 Å². The van der Waals surface area contributed by atoms with E-state index in [4.69, 9.17) is 4.74 Å². The van der Waals surface area contributed by atoms with Crippen LogP contribution in [-0.4, -0.2) is 27.9 Å². The van der Waals surface area contributed by atoms with Crippen molar-refractivity contribution in [2.75, 3.05) is 5.32 Å². The van der Waals surface area contributed by atoms with Crippen molar-refractivity contribution in [1.29, 1.82) is 0 Å². The fraction of sp³-hybridized carbons (Fsp3) is 0.350. The molecule has 3 aromatic rings. The van der Waals surface area contributed by atoms with E-state index in [2.05, 4.69) is 22.2 Å². The zero-order valence-corrected chi connectivity index (χ0v) is 16.4. The van der Waals surface area contributed by atoms with E-state index in [1.54, 1.807) is 25.1 Å². The first-order valence-corrected chi connectivity index (χ1v) is 10.1. The lowest BCUT2D eigenvalue weighted by Crippen LogP contribution is -2.29. The van der Waals surface area contributed by atoms with Crippen LogP contribution >= 0.6 is 11.3 Å². The smallest absolute Gasteiger partial charge is 0.349 e. The molecule has 146 valence electrons. The number of carbonyl (C=O) groups is 2. The number of amides is 1. The first-order chi connectivity index (χ1) is 13.4. The minimum Gasteiger partial charge on any atom is -0.448 e. The highest BCUT2D eigenvalue weighted by atomic mass is 32.1. The number of hydrogen-bond donors (Lipinski definition) is 3. The van der Waals surface area contributed by atoms with Crippen molar-refractivity contribution in [3.8, 4) is 0 Å². The molecule has 2 heterocycles. The van der Waals surface area contributed by atoms with Gasteiger partial charge >= 0.3 is 11.7 Å². The summed E-state index contributed by atoms with van der Waals surface area (Å²) >= 11 is 1.46. The largest absolute Gasteiger partial charge is 0.448 e. The van der Waals surface area contributed by atoms with E-state index in [9.17, 15) is 14.4 Å². The highest BCUT2D eigenvalue weighted by Crippen LogP contribution is 2.32. The molecule has 7 nitrogen and oxygen atoms in total. The number of thiophene rings is 1.